The smallest absolute Gasteiger partial charge is 0.258 e. The summed E-state index contributed by atoms with van der Waals surface area (Å²) < 4.78 is 80.0. The molecule has 0 heterocycles. The number of amides is 1. The van der Waals surface area contributed by atoms with Gasteiger partial charge in [0.2, 0.25) is 10.0 Å². The average Bonchev–Trinajstić information content (AvgIpc) is 2.63. The van der Waals surface area contributed by atoms with Gasteiger partial charge in [-0.2, -0.15) is 4.31 Å². The third-order valence-electron chi connectivity index (χ3n) is 3.81. The molecule has 10 heteroatoms. The molecule has 0 atom stereocenters. The Bertz CT molecular complexity index is 976. The van der Waals surface area contributed by atoms with Gasteiger partial charge >= 0.3 is 0 Å². The molecule has 1 N–H and O–H groups in total. The van der Waals surface area contributed by atoms with E-state index in [9.17, 15) is 30.8 Å². The molecule has 0 aliphatic rings. The fourth-order valence-corrected chi connectivity index (χ4v) is 3.85. The number of nitrogens with zero attached hydrogens (tertiary/aromatic N) is 1. The summed E-state index contributed by atoms with van der Waals surface area (Å²) in [6.45, 7) is 3.56. The van der Waals surface area contributed by atoms with Gasteiger partial charge in [0.05, 0.1) is 16.1 Å². The Morgan fingerprint density at radius 3 is 2.15 bits per heavy atom. The second kappa shape index (κ2) is 8.05. The van der Waals surface area contributed by atoms with Crippen LogP contribution < -0.4 is 5.32 Å². The summed E-state index contributed by atoms with van der Waals surface area (Å²) in [6.07, 6.45) is 0. The third-order valence-corrected chi connectivity index (χ3v) is 5.85. The molecule has 2 aromatic rings. The van der Waals surface area contributed by atoms with Gasteiger partial charge in [0, 0.05) is 13.1 Å². The number of nitrogens with one attached hydrogen (secondary N) is 1. The van der Waals surface area contributed by atoms with Crippen molar-refractivity contribution in [2.24, 2.45) is 0 Å². The molecule has 0 radical (unpaired) electrons. The maximum Gasteiger partial charge on any atom is 0.258 e. The first-order valence-electron chi connectivity index (χ1n) is 7.88. The molecule has 2 rings (SSSR count). The van der Waals surface area contributed by atoms with Crippen molar-refractivity contribution in [2.75, 3.05) is 18.4 Å². The highest BCUT2D eigenvalue weighted by atomic mass is 32.2. The number of hydrogen-bond acceptors (Lipinski definition) is 3. The molecule has 146 valence electrons. The number of carbonyl (C=O) groups excluding carboxylic acids is 1. The Morgan fingerprint density at radius 2 is 1.56 bits per heavy atom. The first-order chi connectivity index (χ1) is 12.6. The van der Waals surface area contributed by atoms with Gasteiger partial charge in [-0.15, -0.1) is 0 Å². The molecule has 0 saturated heterocycles. The lowest BCUT2D eigenvalue weighted by atomic mass is 10.2. The Balaban J connectivity index is 2.42. The Hall–Kier alpha value is -2.46. The summed E-state index contributed by atoms with van der Waals surface area (Å²) in [7, 11) is -3.96. The van der Waals surface area contributed by atoms with Crippen molar-refractivity contribution in [3.8, 4) is 0 Å². The van der Waals surface area contributed by atoms with E-state index in [-0.39, 0.29) is 18.0 Å². The first kappa shape index (κ1) is 20.8. The van der Waals surface area contributed by atoms with Crippen LogP contribution in [0.2, 0.25) is 0 Å². The number of carbonyl (C=O) groups is 1. The van der Waals surface area contributed by atoms with Crippen molar-refractivity contribution in [3.63, 3.8) is 0 Å². The number of benzene rings is 2. The minimum absolute atomic E-state index is 0.164. The van der Waals surface area contributed by atoms with Crippen molar-refractivity contribution in [2.45, 2.75) is 18.7 Å². The van der Waals surface area contributed by atoms with Gasteiger partial charge in [-0.3, -0.25) is 4.79 Å². The van der Waals surface area contributed by atoms with E-state index in [1.807, 2.05) is 5.32 Å². The fourth-order valence-electron chi connectivity index (χ4n) is 2.36. The molecule has 0 aliphatic heterocycles. The van der Waals surface area contributed by atoms with Gasteiger partial charge in [-0.05, 0) is 30.3 Å². The number of rotatable bonds is 6. The summed E-state index contributed by atoms with van der Waals surface area (Å²) in [6, 6.07) is 3.94. The van der Waals surface area contributed by atoms with Crippen molar-refractivity contribution in [3.05, 3.63) is 59.2 Å². The van der Waals surface area contributed by atoms with E-state index in [1.165, 1.54) is 0 Å². The van der Waals surface area contributed by atoms with Gasteiger partial charge in [-0.1, -0.05) is 13.8 Å². The van der Waals surface area contributed by atoms with Crippen molar-refractivity contribution in [1.82, 2.24) is 4.31 Å². The standard InChI is InChI=1S/C17H16F4N2O3S/c1-3-23(4-2)27(25,26)10-5-6-12(18)11(9-10)17(24)22-14-8-7-13(19)15(20)16(14)21/h5-9H,3-4H2,1-2H3,(H,22,24). The third kappa shape index (κ3) is 4.11. The monoisotopic (exact) mass is 404 g/mol. The number of sulfonamides is 1. The molecule has 0 unspecified atom stereocenters. The van der Waals surface area contributed by atoms with Crippen molar-refractivity contribution < 1.29 is 30.8 Å². The topological polar surface area (TPSA) is 66.5 Å². The largest absolute Gasteiger partial charge is 0.319 e. The molecule has 27 heavy (non-hydrogen) atoms. The predicted molar refractivity (Wildman–Crippen MR) is 90.8 cm³/mol. The first-order valence-corrected chi connectivity index (χ1v) is 9.32. The lowest BCUT2D eigenvalue weighted by Gasteiger charge is -2.19. The van der Waals surface area contributed by atoms with E-state index >= 15 is 0 Å². The van der Waals surface area contributed by atoms with Crippen LogP contribution in [0.5, 0.6) is 0 Å². The second-order valence-electron chi connectivity index (χ2n) is 5.41. The quantitative estimate of drug-likeness (QED) is 0.592. The van der Waals surface area contributed by atoms with Crippen LogP contribution in [0, 0.1) is 23.3 Å². The number of anilines is 1. The zero-order chi connectivity index (χ0) is 20.4. The Morgan fingerprint density at radius 1 is 0.963 bits per heavy atom. The van der Waals surface area contributed by atoms with Crippen LogP contribution in [0.15, 0.2) is 35.2 Å². The Kier molecular flexibility index (Phi) is 6.22. The highest BCUT2D eigenvalue weighted by molar-refractivity contribution is 7.89. The summed E-state index contributed by atoms with van der Waals surface area (Å²) in [5, 5.41) is 1.90. The molecular formula is C17H16F4N2O3S. The number of halogens is 4. The van der Waals surface area contributed by atoms with Gasteiger partial charge in [0.1, 0.15) is 5.82 Å². The van der Waals surface area contributed by atoms with Crippen LogP contribution in [0.4, 0.5) is 23.2 Å². The van der Waals surface area contributed by atoms with Crippen LogP contribution in [0.3, 0.4) is 0 Å². The Labute approximate surface area is 153 Å². The van der Waals surface area contributed by atoms with Crippen molar-refractivity contribution >= 4 is 21.6 Å². The molecule has 0 aromatic heterocycles. The predicted octanol–water partition coefficient (Wildman–Crippen LogP) is 3.53. The van der Waals surface area contributed by atoms with Gasteiger partial charge in [0.25, 0.3) is 5.91 Å². The van der Waals surface area contributed by atoms with E-state index in [0.29, 0.717) is 6.07 Å². The molecule has 0 fully saturated rings. The lowest BCUT2D eigenvalue weighted by molar-refractivity contribution is 0.102. The molecule has 0 aliphatic carbocycles. The van der Waals surface area contributed by atoms with Gasteiger partial charge in [-0.25, -0.2) is 26.0 Å². The zero-order valence-corrected chi connectivity index (χ0v) is 15.2. The number of hydrogen-bond donors (Lipinski definition) is 1. The van der Waals surface area contributed by atoms with E-state index in [1.54, 1.807) is 13.8 Å². The van der Waals surface area contributed by atoms with Crippen molar-refractivity contribution in [1.29, 1.82) is 0 Å². The molecule has 0 saturated carbocycles. The van der Waals surface area contributed by atoms with E-state index in [2.05, 4.69) is 0 Å². The normalized spacial score (nSPS) is 11.7. The van der Waals surface area contributed by atoms with Crippen LogP contribution in [0.1, 0.15) is 24.2 Å². The SMILES string of the molecule is CCN(CC)S(=O)(=O)c1ccc(F)c(C(=O)Nc2ccc(F)c(F)c2F)c1. The maximum absolute atomic E-state index is 14.0. The summed E-state index contributed by atoms with van der Waals surface area (Å²) in [5.74, 6) is -7.19. The fraction of sp³-hybridized carbons (Fsp3) is 0.235. The highest BCUT2D eigenvalue weighted by Gasteiger charge is 2.25. The van der Waals surface area contributed by atoms with Crippen LogP contribution >= 0.6 is 0 Å². The van der Waals surface area contributed by atoms with E-state index in [0.717, 1.165) is 28.6 Å². The molecular weight excluding hydrogens is 388 g/mol. The van der Waals surface area contributed by atoms with E-state index in [4.69, 9.17) is 0 Å². The van der Waals surface area contributed by atoms with Gasteiger partial charge < -0.3 is 5.32 Å². The summed E-state index contributed by atoms with van der Waals surface area (Å²) in [4.78, 5) is 11.9. The molecule has 0 bridgehead atoms. The second-order valence-corrected chi connectivity index (χ2v) is 7.35. The van der Waals surface area contributed by atoms with E-state index < -0.39 is 50.5 Å². The minimum atomic E-state index is -3.96. The van der Waals surface area contributed by atoms with Crippen LogP contribution in [-0.2, 0) is 10.0 Å². The molecule has 0 spiro atoms. The minimum Gasteiger partial charge on any atom is -0.319 e. The molecule has 2 aromatic carbocycles. The summed E-state index contributed by atoms with van der Waals surface area (Å²) in [5.41, 5.74) is -1.40. The van der Waals surface area contributed by atoms with Crippen LogP contribution in [0.25, 0.3) is 0 Å². The maximum atomic E-state index is 14.0. The van der Waals surface area contributed by atoms with Gasteiger partial charge in [0.15, 0.2) is 17.5 Å². The average molecular weight is 404 g/mol. The molecule has 5 nitrogen and oxygen atoms in total. The van der Waals surface area contributed by atoms with Crippen LogP contribution in [-0.4, -0.2) is 31.7 Å². The summed E-state index contributed by atoms with van der Waals surface area (Å²) >= 11 is 0. The lowest BCUT2D eigenvalue weighted by Crippen LogP contribution is -2.31. The molecule has 1 amide bonds. The zero-order valence-electron chi connectivity index (χ0n) is 14.4. The highest BCUT2D eigenvalue weighted by Crippen LogP contribution is 2.23.